The Morgan fingerprint density at radius 2 is 1.86 bits per heavy atom. The van der Waals surface area contributed by atoms with Crippen LogP contribution in [0, 0.1) is 13.8 Å². The second kappa shape index (κ2) is 6.52. The van der Waals surface area contributed by atoms with Crippen molar-refractivity contribution >= 4 is 11.9 Å². The molecule has 1 aliphatic rings. The number of nitrogens with zero attached hydrogens (tertiary/aromatic N) is 1. The van der Waals surface area contributed by atoms with Crippen LogP contribution in [0.5, 0.6) is 0 Å². The molecule has 1 aliphatic heterocycles. The van der Waals surface area contributed by atoms with Crippen LogP contribution in [0.2, 0.25) is 0 Å². The molecule has 0 unspecified atom stereocenters. The molecular formula is C16H24N2O4. The lowest BCUT2D eigenvalue weighted by Gasteiger charge is -2.35. The fraction of sp³-hybridized carbons (Fsp3) is 0.625. The van der Waals surface area contributed by atoms with Gasteiger partial charge in [-0.1, -0.05) is 0 Å². The van der Waals surface area contributed by atoms with Gasteiger partial charge >= 0.3 is 5.97 Å². The number of morpholine rings is 1. The number of aromatic nitrogens is 1. The van der Waals surface area contributed by atoms with Gasteiger partial charge in [-0.05, 0) is 40.2 Å². The molecule has 1 amide bonds. The molecule has 0 aliphatic carbocycles. The molecule has 22 heavy (non-hydrogen) atoms. The summed E-state index contributed by atoms with van der Waals surface area (Å²) in [4.78, 5) is 29.5. The van der Waals surface area contributed by atoms with Crippen LogP contribution in [0.15, 0.2) is 0 Å². The van der Waals surface area contributed by atoms with E-state index in [-0.39, 0.29) is 18.1 Å². The molecule has 0 aromatic carbocycles. The van der Waals surface area contributed by atoms with Crippen LogP contribution < -0.4 is 0 Å². The highest BCUT2D eigenvalue weighted by Crippen LogP contribution is 2.22. The monoisotopic (exact) mass is 308 g/mol. The van der Waals surface area contributed by atoms with Crippen LogP contribution in [0.25, 0.3) is 0 Å². The first-order valence-corrected chi connectivity index (χ1v) is 7.66. The number of hydrogen-bond acceptors (Lipinski definition) is 4. The number of aryl methyl sites for hydroxylation is 1. The first-order chi connectivity index (χ1) is 10.3. The largest absolute Gasteiger partial charge is 0.461 e. The summed E-state index contributed by atoms with van der Waals surface area (Å²) in [5, 5.41) is 0. The summed E-state index contributed by atoms with van der Waals surface area (Å²) in [6.07, 6.45) is 0.0218. The Labute approximate surface area is 130 Å². The van der Waals surface area contributed by atoms with E-state index in [1.807, 2.05) is 13.8 Å². The number of carbonyl (C=O) groups is 2. The van der Waals surface area contributed by atoms with Crippen molar-refractivity contribution in [1.82, 2.24) is 9.88 Å². The van der Waals surface area contributed by atoms with Gasteiger partial charge in [-0.25, -0.2) is 4.79 Å². The molecule has 1 aromatic rings. The van der Waals surface area contributed by atoms with Gasteiger partial charge in [-0.3, -0.25) is 4.79 Å². The highest BCUT2D eigenvalue weighted by molar-refractivity contribution is 6.01. The number of H-pyrrole nitrogens is 1. The average Bonchev–Trinajstić information content (AvgIpc) is 2.72. The first-order valence-electron chi connectivity index (χ1n) is 7.66. The summed E-state index contributed by atoms with van der Waals surface area (Å²) in [6.45, 7) is 10.7. The molecule has 0 bridgehead atoms. The van der Waals surface area contributed by atoms with Crippen molar-refractivity contribution in [3.05, 3.63) is 22.5 Å². The van der Waals surface area contributed by atoms with Gasteiger partial charge in [0, 0.05) is 18.8 Å². The Kier molecular flexibility index (Phi) is 4.90. The smallest absolute Gasteiger partial charge is 0.355 e. The number of nitrogens with one attached hydrogen (secondary N) is 1. The molecule has 2 rings (SSSR count). The molecule has 6 nitrogen and oxygen atoms in total. The lowest BCUT2D eigenvalue weighted by molar-refractivity contribution is -0.0586. The van der Waals surface area contributed by atoms with Crippen molar-refractivity contribution in [2.45, 2.75) is 46.8 Å². The van der Waals surface area contributed by atoms with Crippen LogP contribution >= 0.6 is 0 Å². The number of hydrogen-bond donors (Lipinski definition) is 1. The third-order valence-corrected chi connectivity index (χ3v) is 3.84. The van der Waals surface area contributed by atoms with Crippen molar-refractivity contribution in [1.29, 1.82) is 0 Å². The summed E-state index contributed by atoms with van der Waals surface area (Å²) < 4.78 is 10.7. The molecule has 0 saturated carbocycles. The normalized spacial score (nSPS) is 21.8. The Bertz CT molecular complexity index is 569. The molecule has 2 atom stereocenters. The molecule has 0 spiro atoms. The van der Waals surface area contributed by atoms with E-state index in [9.17, 15) is 9.59 Å². The molecule has 0 radical (unpaired) electrons. The number of aromatic amines is 1. The average molecular weight is 308 g/mol. The molecule has 1 aromatic heterocycles. The van der Waals surface area contributed by atoms with E-state index in [0.29, 0.717) is 42.2 Å². The molecule has 122 valence electrons. The Hall–Kier alpha value is -1.82. The highest BCUT2D eigenvalue weighted by Gasteiger charge is 2.30. The van der Waals surface area contributed by atoms with Gasteiger partial charge in [0.2, 0.25) is 0 Å². The van der Waals surface area contributed by atoms with Crippen molar-refractivity contribution in [3.63, 3.8) is 0 Å². The van der Waals surface area contributed by atoms with Crippen molar-refractivity contribution in [2.75, 3.05) is 19.7 Å². The Balaban J connectivity index is 2.28. The lowest BCUT2D eigenvalue weighted by atomic mass is 10.1. The SMILES string of the molecule is CCOC(=O)c1[nH]c(C)c(C(=O)N2C[C@@H](C)O[C@H](C)C2)c1C. The van der Waals surface area contributed by atoms with E-state index in [1.165, 1.54) is 0 Å². The minimum Gasteiger partial charge on any atom is -0.461 e. The molecule has 2 heterocycles. The number of rotatable bonds is 3. The predicted molar refractivity (Wildman–Crippen MR) is 82.1 cm³/mol. The Morgan fingerprint density at radius 1 is 1.27 bits per heavy atom. The van der Waals surface area contributed by atoms with Crippen molar-refractivity contribution < 1.29 is 19.1 Å². The van der Waals surface area contributed by atoms with Crippen LogP contribution in [0.1, 0.15) is 52.9 Å². The zero-order valence-corrected chi connectivity index (χ0v) is 13.9. The maximum atomic E-state index is 12.8. The molecule has 6 heteroatoms. The van der Waals surface area contributed by atoms with Gasteiger partial charge in [-0.2, -0.15) is 0 Å². The van der Waals surface area contributed by atoms with E-state index >= 15 is 0 Å². The molecule has 1 saturated heterocycles. The second-order valence-electron chi connectivity index (χ2n) is 5.81. The summed E-state index contributed by atoms with van der Waals surface area (Å²) in [6, 6.07) is 0. The number of ether oxygens (including phenoxy) is 2. The number of carbonyl (C=O) groups excluding carboxylic acids is 2. The van der Waals surface area contributed by atoms with Gasteiger partial charge in [0.15, 0.2) is 0 Å². The van der Waals surface area contributed by atoms with E-state index in [4.69, 9.17) is 9.47 Å². The summed E-state index contributed by atoms with van der Waals surface area (Å²) in [5.74, 6) is -0.491. The van der Waals surface area contributed by atoms with Crippen LogP contribution in [-0.4, -0.2) is 53.7 Å². The van der Waals surface area contributed by atoms with Crippen LogP contribution in [0.4, 0.5) is 0 Å². The van der Waals surface area contributed by atoms with Gasteiger partial charge in [0.1, 0.15) is 5.69 Å². The third-order valence-electron chi connectivity index (χ3n) is 3.84. The zero-order valence-electron chi connectivity index (χ0n) is 13.9. The van der Waals surface area contributed by atoms with E-state index in [2.05, 4.69) is 4.98 Å². The Morgan fingerprint density at radius 3 is 2.41 bits per heavy atom. The maximum Gasteiger partial charge on any atom is 0.355 e. The van der Waals surface area contributed by atoms with Crippen LogP contribution in [0.3, 0.4) is 0 Å². The summed E-state index contributed by atoms with van der Waals surface area (Å²) >= 11 is 0. The maximum absolute atomic E-state index is 12.8. The molecule has 1 N–H and O–H groups in total. The number of esters is 1. The molecular weight excluding hydrogens is 284 g/mol. The summed E-state index contributed by atoms with van der Waals surface area (Å²) in [7, 11) is 0. The lowest BCUT2D eigenvalue weighted by Crippen LogP contribution is -2.48. The number of amides is 1. The van der Waals surface area contributed by atoms with Gasteiger partial charge in [0.05, 0.1) is 24.4 Å². The fourth-order valence-electron chi connectivity index (χ4n) is 2.98. The third kappa shape index (κ3) is 3.16. The van der Waals surface area contributed by atoms with Gasteiger partial charge in [-0.15, -0.1) is 0 Å². The minimum absolute atomic E-state index is 0.0109. The van der Waals surface area contributed by atoms with Crippen molar-refractivity contribution in [3.8, 4) is 0 Å². The van der Waals surface area contributed by atoms with Gasteiger partial charge in [0.25, 0.3) is 5.91 Å². The predicted octanol–water partition coefficient (Wildman–Crippen LogP) is 2.06. The quantitative estimate of drug-likeness (QED) is 0.868. The topological polar surface area (TPSA) is 71.6 Å². The van der Waals surface area contributed by atoms with Crippen molar-refractivity contribution in [2.24, 2.45) is 0 Å². The summed E-state index contributed by atoms with van der Waals surface area (Å²) in [5.41, 5.74) is 2.26. The fourth-order valence-corrected chi connectivity index (χ4v) is 2.98. The minimum atomic E-state index is -0.425. The molecule has 1 fully saturated rings. The first kappa shape index (κ1) is 16.5. The van der Waals surface area contributed by atoms with E-state index in [0.717, 1.165) is 0 Å². The van der Waals surface area contributed by atoms with E-state index in [1.54, 1.807) is 25.7 Å². The van der Waals surface area contributed by atoms with Crippen LogP contribution in [-0.2, 0) is 9.47 Å². The van der Waals surface area contributed by atoms with Gasteiger partial charge < -0.3 is 19.4 Å². The second-order valence-corrected chi connectivity index (χ2v) is 5.81. The highest BCUT2D eigenvalue weighted by atomic mass is 16.5. The zero-order chi connectivity index (χ0) is 16.4. The van der Waals surface area contributed by atoms with E-state index < -0.39 is 5.97 Å². The standard InChI is InChI=1S/C16H24N2O4/c1-6-21-16(20)14-11(4)13(12(5)17-14)15(19)18-7-9(2)22-10(3)8-18/h9-10,17H,6-8H2,1-5H3/t9-,10-/m1/s1.